The fraction of sp³-hybridized carbons (Fsp3) is 0.158. The number of hydrogen-bond donors (Lipinski definition) is 0. The van der Waals surface area contributed by atoms with Crippen LogP contribution in [0.3, 0.4) is 0 Å². The minimum atomic E-state index is -0.348. The largest absolute Gasteiger partial charge is 0.304 e. The number of aryl methyl sites for hydroxylation is 1. The minimum absolute atomic E-state index is 0.237. The number of carbonyl (C=O) groups excluding carboxylic acids is 1. The summed E-state index contributed by atoms with van der Waals surface area (Å²) in [5.74, 6) is -0.585. The van der Waals surface area contributed by atoms with E-state index in [0.717, 1.165) is 29.0 Å². The molecule has 2 heterocycles. The van der Waals surface area contributed by atoms with Crippen LogP contribution in [0.25, 0.3) is 10.6 Å². The Labute approximate surface area is 143 Å². The molecule has 0 saturated carbocycles. The quantitative estimate of drug-likeness (QED) is 0.687. The van der Waals surface area contributed by atoms with Crippen molar-refractivity contribution in [3.63, 3.8) is 0 Å². The molecule has 0 radical (unpaired) electrons. The summed E-state index contributed by atoms with van der Waals surface area (Å²) in [4.78, 5) is 18.9. The molecule has 2 aromatic carbocycles. The normalized spacial score (nSPS) is 13.6. The number of anilines is 1. The summed E-state index contributed by atoms with van der Waals surface area (Å²) in [6.07, 6.45) is 1.63. The van der Waals surface area contributed by atoms with Crippen LogP contribution in [-0.4, -0.2) is 17.4 Å². The van der Waals surface area contributed by atoms with Gasteiger partial charge in [0.25, 0.3) is 5.91 Å². The molecule has 0 fully saturated rings. The zero-order chi connectivity index (χ0) is 16.5. The number of fused-ring (bicyclic) bond motifs is 1. The highest BCUT2D eigenvalue weighted by Crippen LogP contribution is 2.32. The zero-order valence-corrected chi connectivity index (χ0v) is 13.7. The summed E-state index contributed by atoms with van der Waals surface area (Å²) in [5.41, 5.74) is 2.64. The lowest BCUT2D eigenvalue weighted by Gasteiger charge is -2.29. The van der Waals surface area contributed by atoms with Gasteiger partial charge in [-0.2, -0.15) is 0 Å². The molecule has 120 valence electrons. The van der Waals surface area contributed by atoms with Gasteiger partial charge in [-0.25, -0.2) is 9.37 Å². The third-order valence-electron chi connectivity index (χ3n) is 4.16. The Balaban J connectivity index is 1.68. The molecule has 24 heavy (non-hydrogen) atoms. The maximum atomic E-state index is 14.3. The standard InChI is InChI=1S/C19H15FN2OS/c20-15-10-4-8-13-9-5-11-22(17(13)15)19(23)16-12-24-18(21-16)14-6-2-1-3-7-14/h1-4,6-8,10,12H,5,9,11H2. The highest BCUT2D eigenvalue weighted by molar-refractivity contribution is 7.13. The van der Waals surface area contributed by atoms with Crippen molar-refractivity contribution in [2.75, 3.05) is 11.4 Å². The summed E-state index contributed by atoms with van der Waals surface area (Å²) >= 11 is 1.43. The van der Waals surface area contributed by atoms with Gasteiger partial charge in [0.2, 0.25) is 0 Å². The van der Waals surface area contributed by atoms with Gasteiger partial charge in [-0.05, 0) is 24.5 Å². The molecule has 3 aromatic rings. The van der Waals surface area contributed by atoms with E-state index >= 15 is 0 Å². The summed E-state index contributed by atoms with van der Waals surface area (Å²) < 4.78 is 14.3. The second-order valence-electron chi connectivity index (χ2n) is 5.71. The van der Waals surface area contributed by atoms with Gasteiger partial charge in [-0.1, -0.05) is 42.5 Å². The number of thiazole rings is 1. The van der Waals surface area contributed by atoms with Gasteiger partial charge in [0, 0.05) is 17.5 Å². The van der Waals surface area contributed by atoms with Crippen molar-refractivity contribution in [2.45, 2.75) is 12.8 Å². The summed E-state index contributed by atoms with van der Waals surface area (Å²) in [5, 5.41) is 2.55. The van der Waals surface area contributed by atoms with Crippen molar-refractivity contribution < 1.29 is 9.18 Å². The monoisotopic (exact) mass is 338 g/mol. The maximum absolute atomic E-state index is 14.3. The SMILES string of the molecule is O=C(c1csc(-c2ccccc2)n1)N1CCCc2cccc(F)c21. The van der Waals surface area contributed by atoms with E-state index in [1.807, 2.05) is 36.4 Å². The summed E-state index contributed by atoms with van der Waals surface area (Å²) in [6.45, 7) is 0.519. The number of benzene rings is 2. The van der Waals surface area contributed by atoms with Crippen LogP contribution in [0.1, 0.15) is 22.5 Å². The van der Waals surface area contributed by atoms with Crippen LogP contribution in [0.5, 0.6) is 0 Å². The smallest absolute Gasteiger partial charge is 0.277 e. The number of aromatic nitrogens is 1. The van der Waals surface area contributed by atoms with Crippen molar-refractivity contribution >= 4 is 22.9 Å². The van der Waals surface area contributed by atoms with Crippen molar-refractivity contribution in [1.29, 1.82) is 0 Å². The molecule has 0 unspecified atom stereocenters. The van der Waals surface area contributed by atoms with Crippen LogP contribution in [0.2, 0.25) is 0 Å². The highest BCUT2D eigenvalue weighted by atomic mass is 32.1. The summed E-state index contributed by atoms with van der Waals surface area (Å²) in [6, 6.07) is 14.7. The fourth-order valence-electron chi connectivity index (χ4n) is 3.03. The van der Waals surface area contributed by atoms with Crippen LogP contribution in [0.15, 0.2) is 53.9 Å². The fourth-order valence-corrected chi connectivity index (χ4v) is 3.83. The molecule has 0 bridgehead atoms. The van der Waals surface area contributed by atoms with E-state index in [-0.39, 0.29) is 11.7 Å². The lowest BCUT2D eigenvalue weighted by molar-refractivity contribution is 0.0980. The van der Waals surface area contributed by atoms with E-state index in [4.69, 9.17) is 0 Å². The molecule has 0 spiro atoms. The van der Waals surface area contributed by atoms with E-state index in [0.29, 0.717) is 17.9 Å². The first kappa shape index (κ1) is 15.0. The van der Waals surface area contributed by atoms with E-state index < -0.39 is 0 Å². The van der Waals surface area contributed by atoms with E-state index in [1.165, 1.54) is 22.3 Å². The van der Waals surface area contributed by atoms with Gasteiger partial charge in [-0.3, -0.25) is 4.79 Å². The topological polar surface area (TPSA) is 33.2 Å². The number of amides is 1. The molecule has 0 aliphatic carbocycles. The molecule has 1 aromatic heterocycles. The number of para-hydroxylation sites is 1. The zero-order valence-electron chi connectivity index (χ0n) is 12.9. The maximum Gasteiger partial charge on any atom is 0.277 e. The molecule has 0 atom stereocenters. The lowest BCUT2D eigenvalue weighted by atomic mass is 10.0. The van der Waals surface area contributed by atoms with Crippen LogP contribution in [0.4, 0.5) is 10.1 Å². The van der Waals surface area contributed by atoms with Gasteiger partial charge in [-0.15, -0.1) is 11.3 Å². The number of rotatable bonds is 2. The first-order valence-electron chi connectivity index (χ1n) is 7.84. The second kappa shape index (κ2) is 6.17. The highest BCUT2D eigenvalue weighted by Gasteiger charge is 2.27. The Hall–Kier alpha value is -2.53. The second-order valence-corrected chi connectivity index (χ2v) is 6.57. The van der Waals surface area contributed by atoms with Crippen LogP contribution in [-0.2, 0) is 6.42 Å². The Morgan fingerprint density at radius 3 is 2.79 bits per heavy atom. The molecule has 5 heteroatoms. The van der Waals surface area contributed by atoms with Crippen molar-refractivity contribution in [2.24, 2.45) is 0 Å². The number of hydrogen-bond acceptors (Lipinski definition) is 3. The Kier molecular flexibility index (Phi) is 3.86. The predicted molar refractivity (Wildman–Crippen MR) is 93.9 cm³/mol. The predicted octanol–water partition coefficient (Wildman–Crippen LogP) is 4.54. The van der Waals surface area contributed by atoms with Crippen molar-refractivity contribution in [1.82, 2.24) is 4.98 Å². The van der Waals surface area contributed by atoms with E-state index in [2.05, 4.69) is 4.98 Å². The van der Waals surface area contributed by atoms with Gasteiger partial charge in [0.15, 0.2) is 0 Å². The Bertz CT molecular complexity index is 891. The van der Waals surface area contributed by atoms with Gasteiger partial charge in [0.05, 0.1) is 5.69 Å². The van der Waals surface area contributed by atoms with E-state index in [9.17, 15) is 9.18 Å². The molecule has 0 N–H and O–H groups in total. The molecule has 4 rings (SSSR count). The molecule has 3 nitrogen and oxygen atoms in total. The molecule has 1 aliphatic heterocycles. The van der Waals surface area contributed by atoms with E-state index in [1.54, 1.807) is 11.4 Å². The number of carbonyl (C=O) groups is 1. The molecule has 1 amide bonds. The number of halogens is 1. The van der Waals surface area contributed by atoms with Crippen LogP contribution >= 0.6 is 11.3 Å². The molecule has 1 aliphatic rings. The van der Waals surface area contributed by atoms with Crippen molar-refractivity contribution in [3.05, 3.63) is 71.0 Å². The van der Waals surface area contributed by atoms with Gasteiger partial charge in [0.1, 0.15) is 16.5 Å². The summed E-state index contributed by atoms with van der Waals surface area (Å²) in [7, 11) is 0. The third kappa shape index (κ3) is 2.61. The molecule has 0 saturated heterocycles. The molecular formula is C19H15FN2OS. The number of nitrogens with zero attached hydrogens (tertiary/aromatic N) is 2. The lowest BCUT2D eigenvalue weighted by Crippen LogP contribution is -2.36. The first-order valence-corrected chi connectivity index (χ1v) is 8.72. The van der Waals surface area contributed by atoms with Crippen LogP contribution in [0, 0.1) is 5.82 Å². The van der Waals surface area contributed by atoms with Gasteiger partial charge < -0.3 is 4.90 Å². The van der Waals surface area contributed by atoms with Gasteiger partial charge >= 0.3 is 0 Å². The third-order valence-corrected chi connectivity index (χ3v) is 5.05. The average Bonchev–Trinajstić information content (AvgIpc) is 3.12. The average molecular weight is 338 g/mol. The Morgan fingerprint density at radius 1 is 1.12 bits per heavy atom. The Morgan fingerprint density at radius 2 is 1.96 bits per heavy atom. The van der Waals surface area contributed by atoms with Crippen LogP contribution < -0.4 is 4.90 Å². The minimum Gasteiger partial charge on any atom is -0.304 e. The van der Waals surface area contributed by atoms with Crippen molar-refractivity contribution in [3.8, 4) is 10.6 Å². The first-order chi connectivity index (χ1) is 11.7. The molecular weight excluding hydrogens is 323 g/mol.